The Balaban J connectivity index is 1.55. The first-order valence-electron chi connectivity index (χ1n) is 9.26. The fourth-order valence-electron chi connectivity index (χ4n) is 2.42. The predicted molar refractivity (Wildman–Crippen MR) is 103 cm³/mol. The second kappa shape index (κ2) is 12.5. The van der Waals surface area contributed by atoms with Crippen LogP contribution in [0.15, 0.2) is 66.8 Å². The molecule has 0 unspecified atom stereocenters. The Morgan fingerprint density at radius 3 is 2.21 bits per heavy atom. The van der Waals surface area contributed by atoms with E-state index in [1.165, 1.54) is 0 Å². The number of benzene rings is 2. The summed E-state index contributed by atoms with van der Waals surface area (Å²) in [6.45, 7) is 0.419. The van der Waals surface area contributed by atoms with Crippen molar-refractivity contribution in [2.45, 2.75) is 32.1 Å². The molecule has 0 aliphatic rings. The van der Waals surface area contributed by atoms with Gasteiger partial charge in [0.05, 0.1) is 0 Å². The van der Waals surface area contributed by atoms with Crippen LogP contribution in [0.25, 0.3) is 0 Å². The summed E-state index contributed by atoms with van der Waals surface area (Å²) in [5.74, 6) is 1.82. The van der Waals surface area contributed by atoms with Crippen molar-refractivity contribution in [3.8, 4) is 17.2 Å². The summed E-state index contributed by atoms with van der Waals surface area (Å²) >= 11 is 0. The molecule has 6 heteroatoms. The molecule has 28 heavy (non-hydrogen) atoms. The molecule has 0 saturated carbocycles. The van der Waals surface area contributed by atoms with Crippen molar-refractivity contribution in [2.75, 3.05) is 13.2 Å². The lowest BCUT2D eigenvalue weighted by atomic mass is 10.1. The molecule has 0 heterocycles. The molecule has 0 fully saturated rings. The summed E-state index contributed by atoms with van der Waals surface area (Å²) in [6, 6.07) is 16.7. The maximum atomic E-state index is 11.8. The topological polar surface area (TPSA) is 44.8 Å². The Morgan fingerprint density at radius 2 is 1.50 bits per heavy atom. The minimum absolute atomic E-state index is 0.164. The summed E-state index contributed by atoms with van der Waals surface area (Å²) in [5, 5.41) is 0. The zero-order valence-electron chi connectivity index (χ0n) is 15.6. The molecule has 4 nitrogen and oxygen atoms in total. The van der Waals surface area contributed by atoms with E-state index in [0.717, 1.165) is 11.8 Å². The number of esters is 1. The fourth-order valence-corrected chi connectivity index (χ4v) is 2.42. The Morgan fingerprint density at radius 1 is 0.821 bits per heavy atom. The molecule has 2 aromatic rings. The summed E-state index contributed by atoms with van der Waals surface area (Å²) in [4.78, 5) is 11.6. The van der Waals surface area contributed by atoms with E-state index in [1.807, 2.05) is 30.3 Å². The minimum atomic E-state index is -1.65. The maximum Gasteiger partial charge on any atom is 0.305 e. The largest absolute Gasteiger partial charge is 0.490 e. The van der Waals surface area contributed by atoms with E-state index >= 15 is 0 Å². The number of hydrogen-bond acceptors (Lipinski definition) is 4. The number of allylic oxidation sites excluding steroid dienone is 1. The van der Waals surface area contributed by atoms with Crippen LogP contribution in [0.2, 0.25) is 0 Å². The van der Waals surface area contributed by atoms with Gasteiger partial charge in [0.25, 0.3) is 6.08 Å². The molecule has 0 aliphatic carbocycles. The van der Waals surface area contributed by atoms with Crippen LogP contribution in [0.3, 0.4) is 0 Å². The molecule has 150 valence electrons. The molecular weight excluding hydrogens is 366 g/mol. The lowest BCUT2D eigenvalue weighted by Crippen LogP contribution is -2.12. The summed E-state index contributed by atoms with van der Waals surface area (Å²) < 4.78 is 40.0. The van der Waals surface area contributed by atoms with Gasteiger partial charge in [-0.1, -0.05) is 24.6 Å². The highest BCUT2D eigenvalue weighted by atomic mass is 19.3. The van der Waals surface area contributed by atoms with E-state index in [-0.39, 0.29) is 25.6 Å². The van der Waals surface area contributed by atoms with Crippen molar-refractivity contribution in [3.05, 3.63) is 66.8 Å². The molecule has 0 saturated heterocycles. The monoisotopic (exact) mass is 390 g/mol. The highest BCUT2D eigenvalue weighted by Crippen LogP contribution is 2.23. The van der Waals surface area contributed by atoms with Gasteiger partial charge in [0, 0.05) is 6.42 Å². The molecule has 0 spiro atoms. The number of para-hydroxylation sites is 1. The van der Waals surface area contributed by atoms with Gasteiger partial charge < -0.3 is 14.2 Å². The van der Waals surface area contributed by atoms with Gasteiger partial charge >= 0.3 is 5.97 Å². The first-order valence-corrected chi connectivity index (χ1v) is 9.26. The van der Waals surface area contributed by atoms with E-state index in [1.54, 1.807) is 24.3 Å². The maximum absolute atomic E-state index is 11.8. The van der Waals surface area contributed by atoms with E-state index in [4.69, 9.17) is 14.2 Å². The van der Waals surface area contributed by atoms with Crippen LogP contribution < -0.4 is 9.47 Å². The smallest absolute Gasteiger partial charge is 0.305 e. The quantitative estimate of drug-likeness (QED) is 0.323. The van der Waals surface area contributed by atoms with Crippen molar-refractivity contribution in [2.24, 2.45) is 0 Å². The number of hydrogen-bond donors (Lipinski definition) is 0. The lowest BCUT2D eigenvalue weighted by molar-refractivity contribution is -0.144. The van der Waals surface area contributed by atoms with E-state index in [0.29, 0.717) is 37.2 Å². The Bertz CT molecular complexity index is 726. The summed E-state index contributed by atoms with van der Waals surface area (Å²) in [5.41, 5.74) is 0. The zero-order valence-corrected chi connectivity index (χ0v) is 15.6. The SMILES string of the molecule is O=C(CCCCCC=C(F)F)OCCOc1ccc(Oc2ccccc2)cc1. The van der Waals surface area contributed by atoms with Crippen LogP contribution >= 0.6 is 0 Å². The number of unbranched alkanes of at least 4 members (excludes halogenated alkanes) is 3. The zero-order chi connectivity index (χ0) is 20.0. The number of carbonyl (C=O) groups excluding carboxylic acids is 1. The molecule has 0 aromatic heterocycles. The number of ether oxygens (including phenoxy) is 3. The summed E-state index contributed by atoms with van der Waals surface area (Å²) in [7, 11) is 0. The van der Waals surface area contributed by atoms with Crippen molar-refractivity contribution < 1.29 is 27.8 Å². The van der Waals surface area contributed by atoms with Crippen LogP contribution in [0.1, 0.15) is 32.1 Å². The van der Waals surface area contributed by atoms with Gasteiger partial charge in [-0.2, -0.15) is 8.78 Å². The van der Waals surface area contributed by atoms with Gasteiger partial charge in [-0.25, -0.2) is 0 Å². The van der Waals surface area contributed by atoms with Crippen molar-refractivity contribution in [3.63, 3.8) is 0 Å². The normalized spacial score (nSPS) is 10.2. The number of carbonyl (C=O) groups is 1. The van der Waals surface area contributed by atoms with E-state index in [9.17, 15) is 13.6 Å². The highest BCUT2D eigenvalue weighted by molar-refractivity contribution is 5.69. The molecule has 2 aromatic carbocycles. The average molecular weight is 390 g/mol. The van der Waals surface area contributed by atoms with Crippen molar-refractivity contribution in [1.82, 2.24) is 0 Å². The van der Waals surface area contributed by atoms with E-state index in [2.05, 4.69) is 0 Å². The fraction of sp³-hybridized carbons (Fsp3) is 0.318. The van der Waals surface area contributed by atoms with Gasteiger partial charge in [-0.15, -0.1) is 0 Å². The molecule has 0 radical (unpaired) electrons. The van der Waals surface area contributed by atoms with Crippen LogP contribution in [-0.4, -0.2) is 19.2 Å². The highest BCUT2D eigenvalue weighted by Gasteiger charge is 2.03. The standard InChI is InChI=1S/C22H24F2O4/c23-21(24)10-6-1-2-7-11-22(25)27-17-16-26-18-12-14-20(15-13-18)28-19-8-4-3-5-9-19/h3-5,8-10,12-15H,1-2,6-7,11,16-17H2. The average Bonchev–Trinajstić information content (AvgIpc) is 2.70. The molecule has 0 aliphatic heterocycles. The van der Waals surface area contributed by atoms with E-state index < -0.39 is 6.08 Å². The predicted octanol–water partition coefficient (Wildman–Crippen LogP) is 6.13. The molecule has 0 bridgehead atoms. The van der Waals surface area contributed by atoms with Crippen LogP contribution in [0, 0.1) is 0 Å². The third-order valence-corrected chi connectivity index (χ3v) is 3.80. The van der Waals surface area contributed by atoms with Crippen LogP contribution in [0.5, 0.6) is 17.2 Å². The third-order valence-electron chi connectivity index (χ3n) is 3.80. The molecule has 0 atom stereocenters. The first kappa shape index (κ1) is 21.4. The van der Waals surface area contributed by atoms with Crippen molar-refractivity contribution >= 4 is 5.97 Å². The second-order valence-electron chi connectivity index (χ2n) is 6.05. The van der Waals surface area contributed by atoms with Gasteiger partial charge in [0.1, 0.15) is 30.5 Å². The number of rotatable bonds is 12. The van der Waals surface area contributed by atoms with Crippen molar-refractivity contribution in [1.29, 1.82) is 0 Å². The second-order valence-corrected chi connectivity index (χ2v) is 6.05. The van der Waals surface area contributed by atoms with Gasteiger partial charge in [-0.3, -0.25) is 4.79 Å². The minimum Gasteiger partial charge on any atom is -0.490 e. The lowest BCUT2D eigenvalue weighted by Gasteiger charge is -2.09. The Labute approximate surface area is 163 Å². The van der Waals surface area contributed by atoms with Gasteiger partial charge in [0.2, 0.25) is 0 Å². The first-order chi connectivity index (χ1) is 13.6. The van der Waals surface area contributed by atoms with Crippen LogP contribution in [-0.2, 0) is 9.53 Å². The van der Waals surface area contributed by atoms with Gasteiger partial charge in [0.15, 0.2) is 0 Å². The van der Waals surface area contributed by atoms with Crippen LogP contribution in [0.4, 0.5) is 8.78 Å². The molecule has 2 rings (SSSR count). The molecule has 0 N–H and O–H groups in total. The van der Waals surface area contributed by atoms with Gasteiger partial charge in [-0.05, 0) is 61.7 Å². The third kappa shape index (κ3) is 9.16. The number of halogens is 2. The molecule has 0 amide bonds. The Kier molecular flexibility index (Phi) is 9.55. The summed E-state index contributed by atoms with van der Waals surface area (Å²) in [6.07, 6.45) is 1.84. The Hall–Kier alpha value is -2.89. The molecular formula is C22H24F2O4.